The number of thiol groups is 3. The van der Waals surface area contributed by atoms with E-state index < -0.39 is 26.7 Å². The van der Waals surface area contributed by atoms with E-state index in [-0.39, 0.29) is 0 Å². The molecule has 0 aliphatic rings. The van der Waals surface area contributed by atoms with Gasteiger partial charge in [0.05, 0.1) is 19.8 Å². The molecule has 29 heavy (non-hydrogen) atoms. The van der Waals surface area contributed by atoms with Gasteiger partial charge in [-0.25, -0.2) is 4.57 Å². The Morgan fingerprint density at radius 3 is 1.10 bits per heavy atom. The van der Waals surface area contributed by atoms with E-state index in [2.05, 4.69) is 37.9 Å². The summed E-state index contributed by atoms with van der Waals surface area (Å²) < 4.78 is 47.5. The molecule has 0 saturated carbocycles. The summed E-state index contributed by atoms with van der Waals surface area (Å²) >= 11 is 12.5. The summed E-state index contributed by atoms with van der Waals surface area (Å²) in [6.45, 7) is 6.93. The Hall–Kier alpha value is 1.04. The van der Waals surface area contributed by atoms with E-state index in [9.17, 15) is 4.57 Å². The summed E-state index contributed by atoms with van der Waals surface area (Å²) in [7, 11) is -4.02. The van der Waals surface area contributed by atoms with Gasteiger partial charge in [-0.15, -0.1) is 0 Å². The van der Waals surface area contributed by atoms with Crippen molar-refractivity contribution in [3.05, 3.63) is 0 Å². The molecule has 0 saturated heterocycles. The average molecular weight is 495 g/mol. The second kappa shape index (κ2) is 19.7. The van der Waals surface area contributed by atoms with E-state index in [0.717, 1.165) is 19.3 Å². The normalized spacial score (nSPS) is 17.0. The minimum absolute atomic E-state index is 0.438. The number of hydrogen-bond acceptors (Lipinski definition) is 10. The number of rotatable bonds is 21. The maximum atomic E-state index is 13.5. The van der Waals surface area contributed by atoms with Gasteiger partial charge in [0.15, 0.2) is 18.9 Å². The van der Waals surface area contributed by atoms with Crippen LogP contribution in [-0.4, -0.2) is 55.9 Å². The Labute approximate surface area is 193 Å². The highest BCUT2D eigenvalue weighted by molar-refractivity contribution is 7.80. The molecule has 0 aromatic carbocycles. The molecule has 0 N–H and O–H groups in total. The predicted octanol–water partition coefficient (Wildman–Crippen LogP) is 5.36. The molecule has 3 atom stereocenters. The van der Waals surface area contributed by atoms with Gasteiger partial charge in [-0.3, -0.25) is 13.6 Å². The highest BCUT2D eigenvalue weighted by atomic mass is 32.1. The molecular formula is C18H39O7PS3. The van der Waals surface area contributed by atoms with Crippen molar-refractivity contribution in [1.82, 2.24) is 0 Å². The zero-order valence-electron chi connectivity index (χ0n) is 17.9. The van der Waals surface area contributed by atoms with E-state index in [0.29, 0.717) is 56.3 Å². The average Bonchev–Trinajstić information content (AvgIpc) is 2.72. The van der Waals surface area contributed by atoms with E-state index >= 15 is 0 Å². The van der Waals surface area contributed by atoms with Crippen LogP contribution in [0.3, 0.4) is 0 Å². The lowest BCUT2D eigenvalue weighted by Crippen LogP contribution is -2.25. The summed E-state index contributed by atoms with van der Waals surface area (Å²) in [5.41, 5.74) is 0. The van der Waals surface area contributed by atoms with Crippen LogP contribution in [0.1, 0.15) is 59.3 Å². The summed E-state index contributed by atoms with van der Waals surface area (Å²) in [6.07, 6.45) is 1.52. The lowest BCUT2D eigenvalue weighted by molar-refractivity contribution is -0.160. The maximum absolute atomic E-state index is 13.5. The quantitative estimate of drug-likeness (QED) is 0.0858. The highest BCUT2D eigenvalue weighted by Crippen LogP contribution is 2.54. The zero-order valence-corrected chi connectivity index (χ0v) is 21.4. The van der Waals surface area contributed by atoms with Gasteiger partial charge in [0.25, 0.3) is 0 Å². The predicted molar refractivity (Wildman–Crippen MR) is 126 cm³/mol. The maximum Gasteiger partial charge on any atom is 0.481 e. The first-order valence-corrected chi connectivity index (χ1v) is 13.7. The van der Waals surface area contributed by atoms with Crippen LogP contribution in [0.2, 0.25) is 0 Å². The summed E-state index contributed by atoms with van der Waals surface area (Å²) in [5, 5.41) is 0. The SMILES string of the molecule is CCC(OCCCS)OP(=O)(OC(CC)OCCCS)OC(CC)OCCCS. The molecule has 11 heteroatoms. The first-order chi connectivity index (χ1) is 14.0. The van der Waals surface area contributed by atoms with Gasteiger partial charge in [-0.05, 0) is 55.8 Å². The molecule has 0 rings (SSSR count). The molecule has 0 amide bonds. The van der Waals surface area contributed by atoms with Gasteiger partial charge in [0.2, 0.25) is 0 Å². The van der Waals surface area contributed by atoms with Crippen LogP contribution in [-0.2, 0) is 32.3 Å². The van der Waals surface area contributed by atoms with E-state index in [1.165, 1.54) is 0 Å². The molecule has 176 valence electrons. The van der Waals surface area contributed by atoms with Gasteiger partial charge in [-0.1, -0.05) is 20.8 Å². The summed E-state index contributed by atoms with van der Waals surface area (Å²) in [6, 6.07) is 0. The minimum atomic E-state index is -4.02. The first-order valence-electron chi connectivity index (χ1n) is 10.3. The molecule has 0 fully saturated rings. The van der Waals surface area contributed by atoms with Crippen LogP contribution in [0.15, 0.2) is 0 Å². The van der Waals surface area contributed by atoms with E-state index in [4.69, 9.17) is 27.8 Å². The van der Waals surface area contributed by atoms with Gasteiger partial charge in [0.1, 0.15) is 0 Å². The van der Waals surface area contributed by atoms with Crippen molar-refractivity contribution in [3.8, 4) is 0 Å². The monoisotopic (exact) mass is 494 g/mol. The van der Waals surface area contributed by atoms with Gasteiger partial charge in [0, 0.05) is 0 Å². The molecule has 0 aliphatic carbocycles. The third kappa shape index (κ3) is 15.5. The second-order valence-corrected chi connectivity index (χ2v) is 8.99. The van der Waals surface area contributed by atoms with Crippen LogP contribution in [0.4, 0.5) is 0 Å². The highest BCUT2D eigenvalue weighted by Gasteiger charge is 2.37. The van der Waals surface area contributed by atoms with Crippen molar-refractivity contribution in [2.24, 2.45) is 0 Å². The van der Waals surface area contributed by atoms with Crippen LogP contribution in [0.25, 0.3) is 0 Å². The van der Waals surface area contributed by atoms with Crippen molar-refractivity contribution in [2.45, 2.75) is 78.2 Å². The molecule has 3 unspecified atom stereocenters. The Bertz CT molecular complexity index is 364. The molecule has 0 spiro atoms. The molecular weight excluding hydrogens is 455 g/mol. The van der Waals surface area contributed by atoms with Crippen molar-refractivity contribution in [1.29, 1.82) is 0 Å². The third-order valence-electron chi connectivity index (χ3n) is 3.56. The van der Waals surface area contributed by atoms with Crippen molar-refractivity contribution in [3.63, 3.8) is 0 Å². The molecule has 0 radical (unpaired) electrons. The van der Waals surface area contributed by atoms with Crippen LogP contribution in [0, 0.1) is 0 Å². The Morgan fingerprint density at radius 1 is 0.621 bits per heavy atom. The van der Waals surface area contributed by atoms with E-state index in [1.54, 1.807) is 0 Å². The van der Waals surface area contributed by atoms with Gasteiger partial charge >= 0.3 is 7.82 Å². The van der Waals surface area contributed by atoms with Gasteiger partial charge < -0.3 is 14.2 Å². The molecule has 0 bridgehead atoms. The Morgan fingerprint density at radius 2 is 0.897 bits per heavy atom. The fourth-order valence-electron chi connectivity index (χ4n) is 2.01. The Balaban J connectivity index is 5.16. The molecule has 0 aliphatic heterocycles. The Kier molecular flexibility index (Phi) is 20.4. The summed E-state index contributed by atoms with van der Waals surface area (Å²) in [5.74, 6) is 2.07. The standard InChI is InChI=1S/C18H39O7PS3/c1-4-16(20-10-7-13-27)23-26(19,24-17(5-2)21-11-8-14-28)25-18(6-3)22-12-9-15-29/h16-18,27-29H,4-15H2,1-3H3. The molecule has 7 nitrogen and oxygen atoms in total. The topological polar surface area (TPSA) is 72.5 Å². The number of ether oxygens (including phenoxy) is 3. The van der Waals surface area contributed by atoms with Crippen LogP contribution in [0.5, 0.6) is 0 Å². The second-order valence-electron chi connectivity index (χ2n) is 6.12. The van der Waals surface area contributed by atoms with Crippen molar-refractivity contribution < 1.29 is 32.3 Å². The van der Waals surface area contributed by atoms with Crippen molar-refractivity contribution >= 4 is 45.7 Å². The largest absolute Gasteiger partial charge is 0.481 e. The molecule has 0 heterocycles. The molecule has 0 aromatic heterocycles. The third-order valence-corrected chi connectivity index (χ3v) is 5.99. The lowest BCUT2D eigenvalue weighted by Gasteiger charge is -2.29. The van der Waals surface area contributed by atoms with Crippen molar-refractivity contribution in [2.75, 3.05) is 37.1 Å². The number of phosphoric acid groups is 1. The summed E-state index contributed by atoms with van der Waals surface area (Å²) in [4.78, 5) is 0. The smallest absolute Gasteiger partial charge is 0.352 e. The van der Waals surface area contributed by atoms with E-state index in [1.807, 2.05) is 20.8 Å². The van der Waals surface area contributed by atoms with Gasteiger partial charge in [-0.2, -0.15) is 37.9 Å². The minimum Gasteiger partial charge on any atom is -0.352 e. The fraction of sp³-hybridized carbons (Fsp3) is 1.00. The lowest BCUT2D eigenvalue weighted by atomic mass is 10.4. The van der Waals surface area contributed by atoms with Crippen LogP contribution < -0.4 is 0 Å². The zero-order chi connectivity index (χ0) is 22.0. The fourth-order valence-corrected chi connectivity index (χ4v) is 4.04. The number of hydrogen-bond donors (Lipinski definition) is 3. The number of phosphoric ester groups is 1. The first kappa shape index (κ1) is 30.0. The molecule has 0 aromatic rings. The van der Waals surface area contributed by atoms with Crippen LogP contribution >= 0.6 is 45.7 Å².